The highest BCUT2D eigenvalue weighted by molar-refractivity contribution is 7.99. The van der Waals surface area contributed by atoms with Crippen molar-refractivity contribution in [3.63, 3.8) is 0 Å². The van der Waals surface area contributed by atoms with Crippen molar-refractivity contribution in [2.45, 2.75) is 43.7 Å². The summed E-state index contributed by atoms with van der Waals surface area (Å²) in [6.07, 6.45) is -0.677. The van der Waals surface area contributed by atoms with Gasteiger partial charge in [0.05, 0.1) is 6.61 Å². The fourth-order valence-electron chi connectivity index (χ4n) is 2.08. The fourth-order valence-corrected chi connectivity index (χ4v) is 3.30. The molecule has 1 fully saturated rings. The van der Waals surface area contributed by atoms with Crippen LogP contribution in [0.2, 0.25) is 0 Å². The van der Waals surface area contributed by atoms with E-state index in [1.807, 2.05) is 11.8 Å². The molecule has 0 heterocycles. The van der Waals surface area contributed by atoms with Crippen molar-refractivity contribution in [1.29, 1.82) is 0 Å². The van der Waals surface area contributed by atoms with E-state index in [4.69, 9.17) is 0 Å². The number of thioether (sulfide) groups is 1. The minimum atomic E-state index is -4.21. The Morgan fingerprint density at radius 2 is 2.12 bits per heavy atom. The molecular weight excluding hydrogens is 251 g/mol. The van der Waals surface area contributed by atoms with Gasteiger partial charge in [0.25, 0.3) is 0 Å². The van der Waals surface area contributed by atoms with Gasteiger partial charge in [-0.05, 0) is 18.6 Å². The quantitative estimate of drug-likeness (QED) is 0.719. The van der Waals surface area contributed by atoms with E-state index in [-0.39, 0.29) is 6.61 Å². The highest BCUT2D eigenvalue weighted by Gasteiger charge is 2.28. The summed E-state index contributed by atoms with van der Waals surface area (Å²) in [5.41, 5.74) is 0. The smallest absolute Gasteiger partial charge is 0.371 e. The Morgan fingerprint density at radius 3 is 2.76 bits per heavy atom. The number of alkyl halides is 3. The molecule has 1 saturated carbocycles. The van der Waals surface area contributed by atoms with Crippen molar-refractivity contribution in [1.82, 2.24) is 5.32 Å². The molecule has 0 aromatic carbocycles. The van der Waals surface area contributed by atoms with E-state index >= 15 is 0 Å². The Balaban J connectivity index is 2.06. The minimum Gasteiger partial charge on any atom is -0.371 e. The highest BCUT2D eigenvalue weighted by atomic mass is 32.2. The number of halogens is 3. The molecule has 1 N–H and O–H groups in total. The van der Waals surface area contributed by atoms with E-state index in [0.717, 1.165) is 12.2 Å². The standard InChI is InChI=1S/C11H20F3NOS/c1-2-17-10-5-3-4-9(10)15-6-7-16-8-11(12,13)14/h9-10,15H,2-8H2,1H3. The van der Waals surface area contributed by atoms with Crippen molar-refractivity contribution in [2.24, 2.45) is 0 Å². The molecule has 1 aliphatic rings. The zero-order chi connectivity index (χ0) is 12.7. The Bertz CT molecular complexity index is 213. The predicted molar refractivity (Wildman–Crippen MR) is 64.4 cm³/mol. The lowest BCUT2D eigenvalue weighted by Crippen LogP contribution is -2.36. The summed E-state index contributed by atoms with van der Waals surface area (Å²) in [6.45, 7) is 1.61. The van der Waals surface area contributed by atoms with E-state index in [1.54, 1.807) is 0 Å². The van der Waals surface area contributed by atoms with Gasteiger partial charge in [0.15, 0.2) is 0 Å². The summed E-state index contributed by atoms with van der Waals surface area (Å²) < 4.78 is 40.0. The molecule has 102 valence electrons. The van der Waals surface area contributed by atoms with Crippen molar-refractivity contribution in [2.75, 3.05) is 25.5 Å². The molecule has 1 rings (SSSR count). The molecule has 17 heavy (non-hydrogen) atoms. The van der Waals surface area contributed by atoms with Crippen molar-refractivity contribution >= 4 is 11.8 Å². The van der Waals surface area contributed by atoms with Crippen LogP contribution in [-0.4, -0.2) is 43.0 Å². The van der Waals surface area contributed by atoms with Crippen LogP contribution in [0.15, 0.2) is 0 Å². The van der Waals surface area contributed by atoms with E-state index in [0.29, 0.717) is 17.8 Å². The van der Waals surface area contributed by atoms with Gasteiger partial charge >= 0.3 is 6.18 Å². The van der Waals surface area contributed by atoms with Gasteiger partial charge in [0.1, 0.15) is 6.61 Å². The Labute approximate surface area is 105 Å². The first-order chi connectivity index (χ1) is 8.03. The van der Waals surface area contributed by atoms with Gasteiger partial charge in [0.2, 0.25) is 0 Å². The average molecular weight is 271 g/mol. The topological polar surface area (TPSA) is 21.3 Å². The monoisotopic (exact) mass is 271 g/mol. The normalized spacial score (nSPS) is 25.4. The Kier molecular flexibility index (Phi) is 6.66. The van der Waals surface area contributed by atoms with Crippen molar-refractivity contribution < 1.29 is 17.9 Å². The minimum absolute atomic E-state index is 0.125. The van der Waals surface area contributed by atoms with Gasteiger partial charge in [0, 0.05) is 17.8 Å². The molecule has 0 spiro atoms. The first-order valence-corrected chi connectivity index (χ1v) is 7.07. The summed E-state index contributed by atoms with van der Waals surface area (Å²) in [5.74, 6) is 1.09. The zero-order valence-corrected chi connectivity index (χ0v) is 10.9. The summed E-state index contributed by atoms with van der Waals surface area (Å²) >= 11 is 1.93. The Hall–Kier alpha value is 0.0600. The van der Waals surface area contributed by atoms with Crippen LogP contribution in [0, 0.1) is 0 Å². The first-order valence-electron chi connectivity index (χ1n) is 6.02. The number of ether oxygens (including phenoxy) is 1. The molecule has 1 aliphatic carbocycles. The Morgan fingerprint density at radius 1 is 1.35 bits per heavy atom. The van der Waals surface area contributed by atoms with Crippen molar-refractivity contribution in [3.8, 4) is 0 Å². The van der Waals surface area contributed by atoms with Gasteiger partial charge in [-0.25, -0.2) is 0 Å². The summed E-state index contributed by atoms with van der Waals surface area (Å²) in [7, 11) is 0. The van der Waals surface area contributed by atoms with Crippen LogP contribution in [0.5, 0.6) is 0 Å². The molecule has 2 nitrogen and oxygen atoms in total. The second-order valence-corrected chi connectivity index (χ2v) is 5.67. The van der Waals surface area contributed by atoms with Gasteiger partial charge in [-0.15, -0.1) is 0 Å². The summed E-state index contributed by atoms with van der Waals surface area (Å²) in [6, 6.07) is 0.439. The predicted octanol–water partition coefficient (Wildman–Crippen LogP) is 2.83. The molecule has 2 atom stereocenters. The number of hydrogen-bond donors (Lipinski definition) is 1. The summed E-state index contributed by atoms with van der Waals surface area (Å²) in [4.78, 5) is 0. The molecular formula is C11H20F3NOS. The van der Waals surface area contributed by atoms with Crippen LogP contribution >= 0.6 is 11.8 Å². The van der Waals surface area contributed by atoms with Crippen LogP contribution in [0.25, 0.3) is 0 Å². The van der Waals surface area contributed by atoms with Crippen LogP contribution in [-0.2, 0) is 4.74 Å². The van der Waals surface area contributed by atoms with Gasteiger partial charge < -0.3 is 10.1 Å². The van der Waals surface area contributed by atoms with E-state index < -0.39 is 12.8 Å². The highest BCUT2D eigenvalue weighted by Crippen LogP contribution is 2.29. The molecule has 0 bridgehead atoms. The molecule has 0 radical (unpaired) electrons. The fraction of sp³-hybridized carbons (Fsp3) is 1.00. The van der Waals surface area contributed by atoms with E-state index in [2.05, 4.69) is 17.0 Å². The molecule has 0 saturated heterocycles. The number of hydrogen-bond acceptors (Lipinski definition) is 3. The lowest BCUT2D eigenvalue weighted by atomic mass is 10.2. The number of rotatable bonds is 7. The van der Waals surface area contributed by atoms with Crippen LogP contribution in [0.3, 0.4) is 0 Å². The first kappa shape index (κ1) is 15.1. The average Bonchev–Trinajstić information content (AvgIpc) is 2.64. The molecule has 0 aliphatic heterocycles. The van der Waals surface area contributed by atoms with Crippen LogP contribution in [0.1, 0.15) is 26.2 Å². The molecule has 0 aromatic heterocycles. The second kappa shape index (κ2) is 7.48. The maximum atomic E-state index is 11.8. The lowest BCUT2D eigenvalue weighted by Gasteiger charge is -2.20. The molecule has 0 aromatic rings. The third kappa shape index (κ3) is 6.52. The lowest BCUT2D eigenvalue weighted by molar-refractivity contribution is -0.173. The van der Waals surface area contributed by atoms with Gasteiger partial charge in [-0.3, -0.25) is 0 Å². The van der Waals surface area contributed by atoms with Crippen molar-refractivity contribution in [3.05, 3.63) is 0 Å². The molecule has 6 heteroatoms. The SMILES string of the molecule is CCSC1CCCC1NCCOCC(F)(F)F. The van der Waals surface area contributed by atoms with Crippen LogP contribution in [0.4, 0.5) is 13.2 Å². The molecule has 2 unspecified atom stereocenters. The third-order valence-corrected chi connectivity index (χ3v) is 4.08. The third-order valence-electron chi connectivity index (χ3n) is 2.75. The van der Waals surface area contributed by atoms with E-state index in [1.165, 1.54) is 12.8 Å². The number of nitrogens with one attached hydrogen (secondary N) is 1. The zero-order valence-electron chi connectivity index (χ0n) is 10.1. The maximum absolute atomic E-state index is 11.8. The maximum Gasteiger partial charge on any atom is 0.411 e. The largest absolute Gasteiger partial charge is 0.411 e. The molecule has 0 amide bonds. The summed E-state index contributed by atoms with van der Waals surface area (Å²) in [5, 5.41) is 3.90. The van der Waals surface area contributed by atoms with Crippen LogP contribution < -0.4 is 5.32 Å². The van der Waals surface area contributed by atoms with E-state index in [9.17, 15) is 13.2 Å². The van der Waals surface area contributed by atoms with Gasteiger partial charge in [-0.1, -0.05) is 13.3 Å². The van der Waals surface area contributed by atoms with Gasteiger partial charge in [-0.2, -0.15) is 24.9 Å². The second-order valence-electron chi connectivity index (χ2n) is 4.15.